The van der Waals surface area contributed by atoms with Gasteiger partial charge in [0.15, 0.2) is 5.72 Å². The Morgan fingerprint density at radius 2 is 1.59 bits per heavy atom. The zero-order chi connectivity index (χ0) is 22.0. The molecular weight excluding hydrogens is 394 g/mol. The van der Waals surface area contributed by atoms with Gasteiger partial charge in [-0.3, -0.25) is 9.89 Å². The molecule has 5 fully saturated rings. The zero-order valence-corrected chi connectivity index (χ0v) is 21.0. The fourth-order valence-corrected chi connectivity index (χ4v) is 9.45. The van der Waals surface area contributed by atoms with Crippen LogP contribution >= 0.6 is 0 Å². The summed E-state index contributed by atoms with van der Waals surface area (Å²) in [6, 6.07) is 1.40. The average molecular weight is 442 g/mol. The fraction of sp³-hybridized carbons (Fsp3) is 0.964. The van der Waals surface area contributed by atoms with E-state index in [-0.39, 0.29) is 16.7 Å². The number of aliphatic imine (C=N–C) groups is 1. The Balaban J connectivity index is 1.30. The molecule has 4 heteroatoms. The monoisotopic (exact) mass is 441 g/mol. The number of hydrogen-bond acceptors (Lipinski definition) is 4. The summed E-state index contributed by atoms with van der Waals surface area (Å²) in [7, 11) is 2.33. The van der Waals surface area contributed by atoms with Crippen molar-refractivity contribution in [1.82, 2.24) is 9.80 Å². The van der Waals surface area contributed by atoms with E-state index in [0.29, 0.717) is 6.04 Å². The van der Waals surface area contributed by atoms with E-state index in [2.05, 4.69) is 36.9 Å². The lowest BCUT2D eigenvalue weighted by Gasteiger charge is -2.56. The van der Waals surface area contributed by atoms with Crippen LogP contribution in [0.3, 0.4) is 0 Å². The SMILES string of the molecule is CN1C2CCCCC2C(C)(C)C12C=NC1(CO2)CC2CCCCC2C(N2CCCCC2)C1. The second-order valence-electron chi connectivity index (χ2n) is 13.0. The van der Waals surface area contributed by atoms with Crippen LogP contribution in [0.5, 0.6) is 0 Å². The van der Waals surface area contributed by atoms with E-state index in [1.165, 1.54) is 96.6 Å². The Morgan fingerprint density at radius 3 is 2.34 bits per heavy atom. The summed E-state index contributed by atoms with van der Waals surface area (Å²) in [5.41, 5.74) is -0.148. The highest BCUT2D eigenvalue weighted by Gasteiger charge is 2.65. The molecule has 7 unspecified atom stereocenters. The molecule has 0 radical (unpaired) electrons. The van der Waals surface area contributed by atoms with Crippen LogP contribution in [0.4, 0.5) is 0 Å². The molecule has 4 nitrogen and oxygen atoms in total. The Morgan fingerprint density at radius 1 is 0.844 bits per heavy atom. The molecule has 0 N–H and O–H groups in total. The van der Waals surface area contributed by atoms with Crippen LogP contribution in [0.15, 0.2) is 4.99 Å². The minimum atomic E-state index is -0.304. The van der Waals surface area contributed by atoms with E-state index in [4.69, 9.17) is 9.73 Å². The van der Waals surface area contributed by atoms with E-state index < -0.39 is 0 Å². The van der Waals surface area contributed by atoms with Gasteiger partial charge < -0.3 is 9.64 Å². The first kappa shape index (κ1) is 22.0. The standard InChI is InChI=1S/C28H47N3O/c1-26(2)23-13-7-8-14-24(23)30(3)28(26)19-29-27(20-32-28)17-21-11-5-6-12-22(21)25(18-27)31-15-9-4-10-16-31/h19,21-25H,4-18,20H2,1-3H3. The van der Waals surface area contributed by atoms with Gasteiger partial charge in [0, 0.05) is 23.7 Å². The lowest BCUT2D eigenvalue weighted by Crippen LogP contribution is -2.63. The maximum Gasteiger partial charge on any atom is 0.163 e. The van der Waals surface area contributed by atoms with Gasteiger partial charge in [0.2, 0.25) is 0 Å². The second-order valence-corrected chi connectivity index (χ2v) is 13.0. The second kappa shape index (κ2) is 8.05. The molecule has 0 amide bonds. The van der Waals surface area contributed by atoms with Crippen LogP contribution in [-0.2, 0) is 4.74 Å². The topological polar surface area (TPSA) is 28.1 Å². The zero-order valence-electron chi connectivity index (χ0n) is 21.0. The van der Waals surface area contributed by atoms with Gasteiger partial charge in [-0.2, -0.15) is 0 Å². The lowest BCUT2D eigenvalue weighted by atomic mass is 9.61. The average Bonchev–Trinajstić information content (AvgIpc) is 2.99. The van der Waals surface area contributed by atoms with E-state index in [0.717, 1.165) is 30.4 Å². The normalized spacial score (nSPS) is 49.3. The molecule has 6 rings (SSSR count). The highest BCUT2D eigenvalue weighted by Crippen LogP contribution is 2.58. The number of hydrogen-bond donors (Lipinski definition) is 0. The van der Waals surface area contributed by atoms with E-state index in [1.807, 2.05) is 0 Å². The largest absolute Gasteiger partial charge is 0.352 e. The van der Waals surface area contributed by atoms with Crippen molar-refractivity contribution < 1.29 is 4.74 Å². The van der Waals surface area contributed by atoms with Gasteiger partial charge in [-0.05, 0) is 82.8 Å². The van der Waals surface area contributed by atoms with Crippen molar-refractivity contribution >= 4 is 6.21 Å². The molecule has 3 heterocycles. The van der Waals surface area contributed by atoms with Crippen molar-refractivity contribution in [1.29, 1.82) is 0 Å². The van der Waals surface area contributed by atoms with Gasteiger partial charge >= 0.3 is 0 Å². The van der Waals surface area contributed by atoms with Crippen molar-refractivity contribution in [2.75, 3.05) is 26.7 Å². The molecule has 3 aliphatic carbocycles. The molecule has 6 aliphatic rings. The summed E-state index contributed by atoms with van der Waals surface area (Å²) in [5.74, 6) is 2.50. The van der Waals surface area contributed by atoms with Crippen LogP contribution < -0.4 is 0 Å². The van der Waals surface area contributed by atoms with E-state index >= 15 is 0 Å². The molecular formula is C28H47N3O. The Kier molecular flexibility index (Phi) is 5.55. The third-order valence-corrected chi connectivity index (χ3v) is 11.2. The first-order chi connectivity index (χ1) is 15.5. The van der Waals surface area contributed by atoms with Crippen molar-refractivity contribution in [3.63, 3.8) is 0 Å². The van der Waals surface area contributed by atoms with Crippen LogP contribution in [0.1, 0.15) is 97.3 Å². The molecule has 3 aliphatic heterocycles. The van der Waals surface area contributed by atoms with Crippen molar-refractivity contribution in [2.24, 2.45) is 28.2 Å². The Bertz CT molecular complexity index is 730. The lowest BCUT2D eigenvalue weighted by molar-refractivity contribution is -0.163. The maximum absolute atomic E-state index is 7.11. The van der Waals surface area contributed by atoms with Gasteiger partial charge in [0.1, 0.15) is 0 Å². The van der Waals surface area contributed by atoms with Crippen LogP contribution in [0, 0.1) is 23.2 Å². The third kappa shape index (κ3) is 3.22. The number of ether oxygens (including phenoxy) is 1. The highest BCUT2D eigenvalue weighted by molar-refractivity contribution is 5.72. The molecule has 0 aromatic heterocycles. The van der Waals surface area contributed by atoms with Gasteiger partial charge in [-0.15, -0.1) is 0 Å². The fourth-order valence-electron chi connectivity index (χ4n) is 9.45. The van der Waals surface area contributed by atoms with Gasteiger partial charge in [0.25, 0.3) is 0 Å². The first-order valence-corrected chi connectivity index (χ1v) is 14.1. The third-order valence-electron chi connectivity index (χ3n) is 11.2. The summed E-state index contributed by atoms with van der Waals surface area (Å²) < 4.78 is 7.11. The molecule has 0 aromatic carbocycles. The van der Waals surface area contributed by atoms with Crippen molar-refractivity contribution in [3.8, 4) is 0 Å². The van der Waals surface area contributed by atoms with E-state index in [9.17, 15) is 0 Å². The number of piperidine rings is 1. The van der Waals surface area contributed by atoms with Crippen LogP contribution in [-0.4, -0.2) is 66.1 Å². The minimum absolute atomic E-state index is 0.0244. The first-order valence-electron chi connectivity index (χ1n) is 14.1. The molecule has 3 saturated carbocycles. The molecule has 180 valence electrons. The summed E-state index contributed by atoms with van der Waals surface area (Å²) >= 11 is 0. The predicted octanol–water partition coefficient (Wildman–Crippen LogP) is 5.51. The summed E-state index contributed by atoms with van der Waals surface area (Å²) in [4.78, 5) is 11.1. The van der Waals surface area contributed by atoms with Gasteiger partial charge in [0.05, 0.1) is 12.1 Å². The van der Waals surface area contributed by atoms with Crippen molar-refractivity contribution in [3.05, 3.63) is 0 Å². The number of likely N-dealkylation sites (tertiary alicyclic amines) is 2. The molecule has 2 saturated heterocycles. The highest BCUT2D eigenvalue weighted by atomic mass is 16.5. The summed E-state index contributed by atoms with van der Waals surface area (Å²) in [6.45, 7) is 8.41. The summed E-state index contributed by atoms with van der Waals surface area (Å²) in [6.07, 6.45) is 20.3. The Labute approximate surface area is 196 Å². The number of nitrogens with zero attached hydrogens (tertiary/aromatic N) is 3. The smallest absolute Gasteiger partial charge is 0.163 e. The van der Waals surface area contributed by atoms with Crippen molar-refractivity contribution in [2.45, 2.75) is 121 Å². The molecule has 0 bridgehead atoms. The predicted molar refractivity (Wildman–Crippen MR) is 131 cm³/mol. The molecule has 32 heavy (non-hydrogen) atoms. The maximum atomic E-state index is 7.11. The molecule has 7 atom stereocenters. The van der Waals surface area contributed by atoms with Gasteiger partial charge in [-0.25, -0.2) is 0 Å². The van der Waals surface area contributed by atoms with Crippen LogP contribution in [0.25, 0.3) is 0 Å². The van der Waals surface area contributed by atoms with Crippen LogP contribution in [0.2, 0.25) is 0 Å². The quantitative estimate of drug-likeness (QED) is 0.537. The van der Waals surface area contributed by atoms with Gasteiger partial charge in [-0.1, -0.05) is 52.4 Å². The molecule has 0 aromatic rings. The number of fused-ring (bicyclic) bond motifs is 2. The van der Waals surface area contributed by atoms with E-state index in [1.54, 1.807) is 0 Å². The molecule has 2 spiro atoms. The minimum Gasteiger partial charge on any atom is -0.352 e. The summed E-state index contributed by atoms with van der Waals surface area (Å²) in [5, 5.41) is 0. The number of rotatable bonds is 1. The Hall–Kier alpha value is -0.450.